The average molecular weight is 273 g/mol. The van der Waals surface area contributed by atoms with E-state index >= 15 is 0 Å². The van der Waals surface area contributed by atoms with E-state index in [1.807, 2.05) is 53.1 Å². The van der Waals surface area contributed by atoms with Crippen LogP contribution < -0.4 is 4.74 Å². The van der Waals surface area contributed by atoms with Crippen LogP contribution in [-0.4, -0.2) is 16.7 Å². The lowest BCUT2D eigenvalue weighted by molar-refractivity contribution is 0.413. The quantitative estimate of drug-likeness (QED) is 0.679. The summed E-state index contributed by atoms with van der Waals surface area (Å²) in [4.78, 5) is 4.56. The maximum Gasteiger partial charge on any atom is 0.142 e. The van der Waals surface area contributed by atoms with Gasteiger partial charge in [-0.3, -0.25) is 4.57 Å². The molecule has 0 N–H and O–H groups in total. The molecule has 1 aromatic heterocycles. The Labute approximate surface area is 116 Å². The summed E-state index contributed by atoms with van der Waals surface area (Å²) in [5, 5.41) is 0. The van der Waals surface area contributed by atoms with Crippen molar-refractivity contribution >= 4 is 22.6 Å². The van der Waals surface area contributed by atoms with Crippen LogP contribution >= 0.6 is 11.6 Å². The molecule has 0 aliphatic carbocycles. The minimum atomic E-state index is 0.354. The topological polar surface area (TPSA) is 27.1 Å². The van der Waals surface area contributed by atoms with Crippen LogP contribution in [0.2, 0.25) is 0 Å². The molecular formula is C15H13ClN2O. The van der Waals surface area contributed by atoms with E-state index in [1.54, 1.807) is 7.11 Å². The molecule has 3 aromatic rings. The summed E-state index contributed by atoms with van der Waals surface area (Å²) in [6, 6.07) is 15.8. The molecule has 19 heavy (non-hydrogen) atoms. The molecule has 4 heteroatoms. The lowest BCUT2D eigenvalue weighted by atomic mass is 10.2. The zero-order chi connectivity index (χ0) is 13.2. The summed E-state index contributed by atoms with van der Waals surface area (Å²) >= 11 is 6.02. The van der Waals surface area contributed by atoms with Gasteiger partial charge in [-0.1, -0.05) is 24.3 Å². The number of methoxy groups -OCH3 is 1. The number of rotatable bonds is 3. The minimum absolute atomic E-state index is 0.354. The van der Waals surface area contributed by atoms with Gasteiger partial charge in [0.05, 0.1) is 29.7 Å². The van der Waals surface area contributed by atoms with Crippen LogP contribution in [0.3, 0.4) is 0 Å². The normalized spacial score (nSPS) is 10.8. The smallest absolute Gasteiger partial charge is 0.142 e. The van der Waals surface area contributed by atoms with Gasteiger partial charge in [-0.15, -0.1) is 11.6 Å². The first-order valence-electron chi connectivity index (χ1n) is 6.01. The molecule has 0 unspecified atom stereocenters. The molecule has 0 aliphatic rings. The fourth-order valence-electron chi connectivity index (χ4n) is 2.25. The van der Waals surface area contributed by atoms with E-state index in [0.29, 0.717) is 5.88 Å². The van der Waals surface area contributed by atoms with Gasteiger partial charge in [0.25, 0.3) is 0 Å². The summed E-state index contributed by atoms with van der Waals surface area (Å²) < 4.78 is 7.47. The van der Waals surface area contributed by atoms with Crippen LogP contribution in [0.15, 0.2) is 48.5 Å². The highest BCUT2D eigenvalue weighted by molar-refractivity contribution is 6.17. The maximum atomic E-state index is 6.02. The van der Waals surface area contributed by atoms with Crippen molar-refractivity contribution < 1.29 is 4.74 Å². The van der Waals surface area contributed by atoms with E-state index in [2.05, 4.69) is 4.98 Å². The fraction of sp³-hybridized carbons (Fsp3) is 0.133. The van der Waals surface area contributed by atoms with Crippen molar-refractivity contribution in [2.75, 3.05) is 7.11 Å². The van der Waals surface area contributed by atoms with Crippen LogP contribution in [0.25, 0.3) is 16.7 Å². The standard InChI is InChI=1S/C15H13ClN2O/c1-19-14-9-5-4-8-13(14)18-12-7-3-2-6-11(12)17-15(18)10-16/h2-9H,10H2,1H3. The number of alkyl halides is 1. The first-order chi connectivity index (χ1) is 9.35. The van der Waals surface area contributed by atoms with Crippen molar-refractivity contribution in [1.29, 1.82) is 0 Å². The number of fused-ring (bicyclic) bond motifs is 1. The molecule has 0 saturated heterocycles. The molecule has 0 aliphatic heterocycles. The number of aromatic nitrogens is 2. The summed E-state index contributed by atoms with van der Waals surface area (Å²) in [5.41, 5.74) is 2.92. The second-order valence-corrected chi connectivity index (χ2v) is 4.42. The number of imidazole rings is 1. The Morgan fingerprint density at radius 3 is 2.63 bits per heavy atom. The van der Waals surface area contributed by atoms with Crippen molar-refractivity contribution in [3.05, 3.63) is 54.4 Å². The van der Waals surface area contributed by atoms with Crippen LogP contribution in [0.4, 0.5) is 0 Å². The summed E-state index contributed by atoms with van der Waals surface area (Å²) in [6.07, 6.45) is 0. The molecule has 0 saturated carbocycles. The van der Waals surface area contributed by atoms with Crippen molar-refractivity contribution in [2.24, 2.45) is 0 Å². The molecule has 1 heterocycles. The van der Waals surface area contributed by atoms with E-state index in [0.717, 1.165) is 28.3 Å². The van der Waals surface area contributed by atoms with E-state index in [9.17, 15) is 0 Å². The minimum Gasteiger partial charge on any atom is -0.495 e. The van der Waals surface area contributed by atoms with E-state index in [-0.39, 0.29) is 0 Å². The second-order valence-electron chi connectivity index (χ2n) is 4.16. The first-order valence-corrected chi connectivity index (χ1v) is 6.54. The second kappa shape index (κ2) is 4.94. The number of nitrogens with zero attached hydrogens (tertiary/aromatic N) is 2. The molecule has 0 amide bonds. The Balaban J connectivity index is 2.34. The number of halogens is 1. The van der Waals surface area contributed by atoms with Gasteiger partial charge in [0.1, 0.15) is 11.6 Å². The largest absolute Gasteiger partial charge is 0.495 e. The van der Waals surface area contributed by atoms with E-state index in [4.69, 9.17) is 16.3 Å². The third-order valence-electron chi connectivity index (χ3n) is 3.08. The predicted molar refractivity (Wildman–Crippen MR) is 77.2 cm³/mol. The molecule has 96 valence electrons. The van der Waals surface area contributed by atoms with Gasteiger partial charge in [-0.25, -0.2) is 4.98 Å². The summed E-state index contributed by atoms with van der Waals surface area (Å²) in [7, 11) is 1.67. The Morgan fingerprint density at radius 1 is 1.11 bits per heavy atom. The lowest BCUT2D eigenvalue weighted by Gasteiger charge is -2.12. The lowest BCUT2D eigenvalue weighted by Crippen LogP contribution is -2.01. The number of para-hydroxylation sites is 4. The molecule has 3 rings (SSSR count). The molecule has 3 nitrogen and oxygen atoms in total. The maximum absolute atomic E-state index is 6.02. The van der Waals surface area contributed by atoms with Crippen LogP contribution in [0.1, 0.15) is 5.82 Å². The van der Waals surface area contributed by atoms with Crippen molar-refractivity contribution in [1.82, 2.24) is 9.55 Å². The molecule has 2 aromatic carbocycles. The van der Waals surface area contributed by atoms with Crippen LogP contribution in [0, 0.1) is 0 Å². The van der Waals surface area contributed by atoms with E-state index in [1.165, 1.54) is 0 Å². The van der Waals surface area contributed by atoms with Gasteiger partial charge in [0, 0.05) is 0 Å². The summed E-state index contributed by atoms with van der Waals surface area (Å²) in [5.74, 6) is 1.97. The average Bonchev–Trinajstić information content (AvgIpc) is 2.85. The number of benzene rings is 2. The van der Waals surface area contributed by atoms with Crippen LogP contribution in [0.5, 0.6) is 5.75 Å². The first kappa shape index (κ1) is 12.1. The highest BCUT2D eigenvalue weighted by atomic mass is 35.5. The molecule has 0 spiro atoms. The van der Waals surface area contributed by atoms with E-state index < -0.39 is 0 Å². The molecule has 0 fully saturated rings. The summed E-state index contributed by atoms with van der Waals surface area (Å²) in [6.45, 7) is 0. The Hall–Kier alpha value is -2.00. The molecule has 0 bridgehead atoms. The van der Waals surface area contributed by atoms with Gasteiger partial charge in [-0.2, -0.15) is 0 Å². The van der Waals surface area contributed by atoms with Crippen molar-refractivity contribution in [2.45, 2.75) is 5.88 Å². The predicted octanol–water partition coefficient (Wildman–Crippen LogP) is 3.77. The fourth-order valence-corrected chi connectivity index (χ4v) is 2.43. The van der Waals surface area contributed by atoms with Crippen molar-refractivity contribution in [3.63, 3.8) is 0 Å². The Bertz CT molecular complexity index is 721. The van der Waals surface area contributed by atoms with Gasteiger partial charge < -0.3 is 4.74 Å². The van der Waals surface area contributed by atoms with Crippen molar-refractivity contribution in [3.8, 4) is 11.4 Å². The number of hydrogen-bond donors (Lipinski definition) is 0. The van der Waals surface area contributed by atoms with Gasteiger partial charge in [-0.05, 0) is 24.3 Å². The third-order valence-corrected chi connectivity index (χ3v) is 3.31. The third kappa shape index (κ3) is 1.96. The Morgan fingerprint density at radius 2 is 1.84 bits per heavy atom. The number of hydrogen-bond acceptors (Lipinski definition) is 2. The molecular weight excluding hydrogens is 260 g/mol. The molecule has 0 atom stereocenters. The van der Waals surface area contributed by atoms with Gasteiger partial charge >= 0.3 is 0 Å². The monoisotopic (exact) mass is 272 g/mol. The van der Waals surface area contributed by atoms with Crippen LogP contribution in [-0.2, 0) is 5.88 Å². The zero-order valence-corrected chi connectivity index (χ0v) is 11.3. The van der Waals surface area contributed by atoms with Gasteiger partial charge in [0.15, 0.2) is 0 Å². The SMILES string of the molecule is COc1ccccc1-n1c(CCl)nc2ccccc21. The highest BCUT2D eigenvalue weighted by Gasteiger charge is 2.14. The number of ether oxygens (including phenoxy) is 1. The highest BCUT2D eigenvalue weighted by Crippen LogP contribution is 2.28. The molecule has 0 radical (unpaired) electrons. The zero-order valence-electron chi connectivity index (χ0n) is 10.5. The Kier molecular flexibility index (Phi) is 3.13. The van der Waals surface area contributed by atoms with Gasteiger partial charge in [0.2, 0.25) is 0 Å².